The van der Waals surface area contributed by atoms with Gasteiger partial charge in [-0.05, 0) is 61.3 Å². The smallest absolute Gasteiger partial charge is 0.341 e. The molecule has 1 amide bonds. The van der Waals surface area contributed by atoms with Crippen molar-refractivity contribution in [1.82, 2.24) is 9.97 Å². The van der Waals surface area contributed by atoms with Crippen LogP contribution in [0, 0.1) is 17.6 Å². The van der Waals surface area contributed by atoms with Gasteiger partial charge in [-0.1, -0.05) is 26.7 Å². The minimum atomic E-state index is -0.853. The standard InChI is InChI=1S/C24H29F2N3O3/c1-4-7-21-18(23(31)32-6-3)13-27-24(28-21)29-22(30)11-14(5-2)16-9-8-15-10-19(25)20(26)12-17(15)16/h10,12-14,16H,4-9,11H2,1-3H3,(H,27,28,29,30). The van der Waals surface area contributed by atoms with Crippen molar-refractivity contribution in [3.8, 4) is 0 Å². The zero-order chi connectivity index (χ0) is 23.3. The molecular formula is C24H29F2N3O3. The average molecular weight is 446 g/mol. The SMILES string of the molecule is CCCc1nc(NC(=O)CC(CC)C2CCc3cc(F)c(F)cc32)ncc1C(=O)OCC. The molecule has 1 aromatic carbocycles. The maximum Gasteiger partial charge on any atom is 0.341 e. The summed E-state index contributed by atoms with van der Waals surface area (Å²) < 4.78 is 32.4. The Labute approximate surface area is 186 Å². The second-order valence-electron chi connectivity index (χ2n) is 8.06. The maximum atomic E-state index is 13.8. The molecule has 2 atom stereocenters. The van der Waals surface area contributed by atoms with E-state index in [1.165, 1.54) is 18.3 Å². The summed E-state index contributed by atoms with van der Waals surface area (Å²) in [5.74, 6) is -2.30. The largest absolute Gasteiger partial charge is 0.462 e. The van der Waals surface area contributed by atoms with E-state index in [4.69, 9.17) is 4.74 Å². The van der Waals surface area contributed by atoms with Crippen LogP contribution in [0.15, 0.2) is 18.3 Å². The first-order chi connectivity index (χ1) is 15.4. The van der Waals surface area contributed by atoms with Gasteiger partial charge in [-0.25, -0.2) is 23.5 Å². The number of ether oxygens (including phenoxy) is 1. The highest BCUT2D eigenvalue weighted by Crippen LogP contribution is 2.41. The number of rotatable bonds is 9. The van der Waals surface area contributed by atoms with Crippen molar-refractivity contribution in [2.45, 2.75) is 65.2 Å². The van der Waals surface area contributed by atoms with E-state index in [1.807, 2.05) is 13.8 Å². The van der Waals surface area contributed by atoms with Crippen LogP contribution in [0.3, 0.4) is 0 Å². The van der Waals surface area contributed by atoms with Crippen LogP contribution in [0.4, 0.5) is 14.7 Å². The number of esters is 1. The number of aryl methyl sites for hydroxylation is 2. The van der Waals surface area contributed by atoms with Gasteiger partial charge in [0.2, 0.25) is 11.9 Å². The summed E-state index contributed by atoms with van der Waals surface area (Å²) in [5.41, 5.74) is 2.44. The fourth-order valence-corrected chi connectivity index (χ4v) is 4.39. The molecule has 2 aromatic rings. The first kappa shape index (κ1) is 23.8. The highest BCUT2D eigenvalue weighted by molar-refractivity contribution is 5.92. The van der Waals surface area contributed by atoms with Crippen LogP contribution in [0.2, 0.25) is 0 Å². The van der Waals surface area contributed by atoms with E-state index in [-0.39, 0.29) is 36.7 Å². The highest BCUT2D eigenvalue weighted by atomic mass is 19.2. The monoisotopic (exact) mass is 445 g/mol. The zero-order valence-corrected chi connectivity index (χ0v) is 18.7. The highest BCUT2D eigenvalue weighted by Gasteiger charge is 2.31. The van der Waals surface area contributed by atoms with Gasteiger partial charge < -0.3 is 4.74 Å². The Morgan fingerprint density at radius 2 is 1.97 bits per heavy atom. The predicted octanol–water partition coefficient (Wildman–Crippen LogP) is 4.97. The lowest BCUT2D eigenvalue weighted by atomic mass is 9.83. The minimum Gasteiger partial charge on any atom is -0.462 e. The Morgan fingerprint density at radius 1 is 1.22 bits per heavy atom. The fourth-order valence-electron chi connectivity index (χ4n) is 4.39. The third-order valence-corrected chi connectivity index (χ3v) is 5.95. The quantitative estimate of drug-likeness (QED) is 0.551. The Balaban J connectivity index is 1.72. The molecule has 1 aliphatic rings. The molecule has 8 heteroatoms. The first-order valence-electron chi connectivity index (χ1n) is 11.2. The Hall–Kier alpha value is -2.90. The molecule has 172 valence electrons. The number of carbonyl (C=O) groups excluding carboxylic acids is 2. The summed E-state index contributed by atoms with van der Waals surface area (Å²) in [5, 5.41) is 2.72. The Morgan fingerprint density at radius 3 is 2.66 bits per heavy atom. The molecule has 32 heavy (non-hydrogen) atoms. The van der Waals surface area contributed by atoms with Gasteiger partial charge >= 0.3 is 5.97 Å². The number of hydrogen-bond donors (Lipinski definition) is 1. The summed E-state index contributed by atoms with van der Waals surface area (Å²) >= 11 is 0. The van der Waals surface area contributed by atoms with Gasteiger partial charge in [-0.3, -0.25) is 10.1 Å². The number of nitrogens with zero attached hydrogens (tertiary/aromatic N) is 2. The Bertz CT molecular complexity index is 997. The third kappa shape index (κ3) is 5.29. The molecule has 0 spiro atoms. The van der Waals surface area contributed by atoms with Crippen LogP contribution in [0.25, 0.3) is 0 Å². The van der Waals surface area contributed by atoms with Gasteiger partial charge in [0.1, 0.15) is 0 Å². The predicted molar refractivity (Wildman–Crippen MR) is 116 cm³/mol. The lowest BCUT2D eigenvalue weighted by Crippen LogP contribution is -2.22. The van der Waals surface area contributed by atoms with Crippen molar-refractivity contribution in [2.24, 2.45) is 5.92 Å². The molecule has 0 aliphatic heterocycles. The molecule has 1 heterocycles. The fraction of sp³-hybridized carbons (Fsp3) is 0.500. The summed E-state index contributed by atoms with van der Waals surface area (Å²) in [6.07, 6.45) is 5.08. The van der Waals surface area contributed by atoms with Crippen molar-refractivity contribution in [3.05, 3.63) is 52.3 Å². The molecule has 1 aliphatic carbocycles. The normalized spacial score (nSPS) is 15.8. The number of aromatic nitrogens is 2. The van der Waals surface area contributed by atoms with Gasteiger partial charge in [0.25, 0.3) is 0 Å². The molecule has 3 rings (SSSR count). The lowest BCUT2D eigenvalue weighted by molar-refractivity contribution is -0.117. The van der Waals surface area contributed by atoms with Crippen LogP contribution in [0.1, 0.15) is 79.6 Å². The van der Waals surface area contributed by atoms with Gasteiger partial charge in [-0.2, -0.15) is 0 Å². The van der Waals surface area contributed by atoms with Crippen molar-refractivity contribution in [3.63, 3.8) is 0 Å². The van der Waals surface area contributed by atoms with Crippen molar-refractivity contribution < 1.29 is 23.1 Å². The maximum absolute atomic E-state index is 13.8. The van der Waals surface area contributed by atoms with Gasteiger partial charge in [0, 0.05) is 12.6 Å². The van der Waals surface area contributed by atoms with E-state index in [1.54, 1.807) is 6.92 Å². The topological polar surface area (TPSA) is 81.2 Å². The average Bonchev–Trinajstić information content (AvgIpc) is 3.15. The molecule has 0 bridgehead atoms. The van der Waals surface area contributed by atoms with E-state index in [2.05, 4.69) is 15.3 Å². The second kappa shape index (κ2) is 10.6. The van der Waals surface area contributed by atoms with Gasteiger partial charge in [0.05, 0.1) is 17.9 Å². The summed E-state index contributed by atoms with van der Waals surface area (Å²) in [6, 6.07) is 2.54. The summed E-state index contributed by atoms with van der Waals surface area (Å²) in [6.45, 7) is 5.93. The molecule has 0 saturated heterocycles. The van der Waals surface area contributed by atoms with Crippen LogP contribution < -0.4 is 5.32 Å². The molecule has 2 unspecified atom stereocenters. The minimum absolute atomic E-state index is 0.00129. The van der Waals surface area contributed by atoms with E-state index in [9.17, 15) is 18.4 Å². The van der Waals surface area contributed by atoms with Gasteiger partial charge in [-0.15, -0.1) is 0 Å². The van der Waals surface area contributed by atoms with Crippen LogP contribution >= 0.6 is 0 Å². The lowest BCUT2D eigenvalue weighted by Gasteiger charge is -2.23. The molecule has 6 nitrogen and oxygen atoms in total. The number of fused-ring (bicyclic) bond motifs is 1. The van der Waals surface area contributed by atoms with Gasteiger partial charge in [0.15, 0.2) is 11.6 Å². The number of amides is 1. The van der Waals surface area contributed by atoms with Crippen LogP contribution in [-0.2, 0) is 22.4 Å². The number of nitrogens with one attached hydrogen (secondary N) is 1. The number of halogens is 2. The van der Waals surface area contributed by atoms with E-state index < -0.39 is 17.6 Å². The van der Waals surface area contributed by atoms with Crippen molar-refractivity contribution >= 4 is 17.8 Å². The summed E-state index contributed by atoms with van der Waals surface area (Å²) in [7, 11) is 0. The molecular weight excluding hydrogens is 416 g/mol. The number of benzene rings is 1. The zero-order valence-electron chi connectivity index (χ0n) is 18.7. The van der Waals surface area contributed by atoms with E-state index >= 15 is 0 Å². The number of anilines is 1. The van der Waals surface area contributed by atoms with Crippen LogP contribution in [0.5, 0.6) is 0 Å². The van der Waals surface area contributed by atoms with E-state index in [0.29, 0.717) is 24.1 Å². The second-order valence-corrected chi connectivity index (χ2v) is 8.06. The first-order valence-corrected chi connectivity index (χ1v) is 11.2. The molecule has 0 saturated carbocycles. The van der Waals surface area contributed by atoms with Crippen molar-refractivity contribution in [1.29, 1.82) is 0 Å². The number of hydrogen-bond acceptors (Lipinski definition) is 5. The van der Waals surface area contributed by atoms with Crippen molar-refractivity contribution in [2.75, 3.05) is 11.9 Å². The third-order valence-electron chi connectivity index (χ3n) is 5.95. The van der Waals surface area contributed by atoms with Crippen LogP contribution in [-0.4, -0.2) is 28.5 Å². The number of carbonyl (C=O) groups is 2. The molecule has 0 radical (unpaired) electrons. The molecule has 1 N–H and O–H groups in total. The molecule has 1 aromatic heterocycles. The summed E-state index contributed by atoms with van der Waals surface area (Å²) in [4.78, 5) is 33.3. The molecule has 0 fully saturated rings. The van der Waals surface area contributed by atoms with E-state index in [0.717, 1.165) is 30.4 Å². The Kier molecular flexibility index (Phi) is 7.88.